The summed E-state index contributed by atoms with van der Waals surface area (Å²) in [5.41, 5.74) is 3.69. The van der Waals surface area contributed by atoms with Gasteiger partial charge in [-0.1, -0.05) is 24.3 Å². The molecular formula is C18H22N2O. The molecule has 0 fully saturated rings. The average Bonchev–Trinajstić information content (AvgIpc) is 2.77. The Labute approximate surface area is 126 Å². The molecule has 1 aliphatic heterocycles. The number of rotatable bonds is 3. The van der Waals surface area contributed by atoms with Crippen LogP contribution in [0, 0.1) is 0 Å². The number of fused-ring (bicyclic) bond motifs is 1. The molecule has 21 heavy (non-hydrogen) atoms. The Morgan fingerprint density at radius 3 is 2.62 bits per heavy atom. The Morgan fingerprint density at radius 2 is 1.86 bits per heavy atom. The van der Waals surface area contributed by atoms with Crippen LogP contribution in [0.4, 0.5) is 11.4 Å². The van der Waals surface area contributed by atoms with Crippen LogP contribution in [-0.4, -0.2) is 20.2 Å². The molecule has 0 bridgehead atoms. The fourth-order valence-electron chi connectivity index (χ4n) is 2.71. The van der Waals surface area contributed by atoms with Gasteiger partial charge in [0, 0.05) is 18.3 Å². The maximum atomic E-state index is 5.83. The molecule has 1 N–H and O–H groups in total. The number of hydrogen-bond acceptors (Lipinski definition) is 3. The van der Waals surface area contributed by atoms with Gasteiger partial charge in [0.15, 0.2) is 0 Å². The maximum absolute atomic E-state index is 5.83. The first-order valence-electron chi connectivity index (χ1n) is 7.56. The molecule has 3 nitrogen and oxygen atoms in total. The van der Waals surface area contributed by atoms with Crippen LogP contribution in [0.5, 0.6) is 5.75 Å². The van der Waals surface area contributed by atoms with E-state index in [1.165, 1.54) is 11.3 Å². The first kappa shape index (κ1) is 14.0. The van der Waals surface area contributed by atoms with E-state index in [1.54, 1.807) is 0 Å². The van der Waals surface area contributed by atoms with Gasteiger partial charge >= 0.3 is 0 Å². The largest absolute Gasteiger partial charge is 0.491 e. The Hall–Kier alpha value is -2.00. The summed E-state index contributed by atoms with van der Waals surface area (Å²) in [7, 11) is 1.99. The minimum atomic E-state index is 0.374. The predicted molar refractivity (Wildman–Crippen MR) is 87.5 cm³/mol. The molecule has 3 rings (SSSR count). The van der Waals surface area contributed by atoms with Crippen molar-refractivity contribution in [2.24, 2.45) is 0 Å². The summed E-state index contributed by atoms with van der Waals surface area (Å²) in [6, 6.07) is 17.4. The number of benzene rings is 2. The zero-order valence-corrected chi connectivity index (χ0v) is 12.7. The van der Waals surface area contributed by atoms with E-state index in [-0.39, 0.29) is 0 Å². The second-order valence-corrected chi connectivity index (χ2v) is 5.42. The zero-order valence-electron chi connectivity index (χ0n) is 12.7. The molecule has 1 aliphatic rings. The Kier molecular flexibility index (Phi) is 4.11. The highest BCUT2D eigenvalue weighted by atomic mass is 16.5. The van der Waals surface area contributed by atoms with Gasteiger partial charge in [-0.25, -0.2) is 0 Å². The molecule has 2 aromatic carbocycles. The number of anilines is 2. The normalized spacial score (nSPS) is 15.8. The van der Waals surface area contributed by atoms with Crippen molar-refractivity contribution in [3.63, 3.8) is 0 Å². The summed E-state index contributed by atoms with van der Waals surface area (Å²) in [6.45, 7) is 3.93. The lowest BCUT2D eigenvalue weighted by atomic mass is 10.1. The number of hydrogen-bond donors (Lipinski definition) is 1. The van der Waals surface area contributed by atoms with Gasteiger partial charge in [0.2, 0.25) is 0 Å². The van der Waals surface area contributed by atoms with Gasteiger partial charge in [-0.15, -0.1) is 0 Å². The highest BCUT2D eigenvalue weighted by molar-refractivity contribution is 5.69. The fraction of sp³-hybridized carbons (Fsp3) is 0.333. The van der Waals surface area contributed by atoms with Crippen molar-refractivity contribution in [2.75, 3.05) is 25.1 Å². The quantitative estimate of drug-likeness (QED) is 0.924. The van der Waals surface area contributed by atoms with Gasteiger partial charge < -0.3 is 15.0 Å². The van der Waals surface area contributed by atoms with Gasteiger partial charge in [0.25, 0.3) is 0 Å². The first-order chi connectivity index (χ1) is 10.3. The van der Waals surface area contributed by atoms with Gasteiger partial charge in [0.1, 0.15) is 5.75 Å². The monoisotopic (exact) mass is 282 g/mol. The SMILES string of the molecule is CNC(C)c1ccc(N2CCCOc3ccccc32)cc1. The molecule has 1 atom stereocenters. The molecule has 0 aliphatic carbocycles. The molecule has 0 radical (unpaired) electrons. The first-order valence-corrected chi connectivity index (χ1v) is 7.56. The number of nitrogens with one attached hydrogen (secondary N) is 1. The van der Waals surface area contributed by atoms with Crippen LogP contribution >= 0.6 is 0 Å². The van der Waals surface area contributed by atoms with Crippen LogP contribution in [0.15, 0.2) is 48.5 Å². The molecule has 0 aromatic heterocycles. The number of ether oxygens (including phenoxy) is 1. The van der Waals surface area contributed by atoms with Crippen LogP contribution in [0.25, 0.3) is 0 Å². The topological polar surface area (TPSA) is 24.5 Å². The molecule has 110 valence electrons. The molecule has 3 heteroatoms. The van der Waals surface area contributed by atoms with Crippen molar-refractivity contribution in [1.29, 1.82) is 0 Å². The maximum Gasteiger partial charge on any atom is 0.142 e. The summed E-state index contributed by atoms with van der Waals surface area (Å²) in [5, 5.41) is 3.27. The fourth-order valence-corrected chi connectivity index (χ4v) is 2.71. The molecule has 1 unspecified atom stereocenters. The van der Waals surface area contributed by atoms with Crippen molar-refractivity contribution < 1.29 is 4.74 Å². The average molecular weight is 282 g/mol. The smallest absolute Gasteiger partial charge is 0.142 e. The molecule has 1 heterocycles. The predicted octanol–water partition coefficient (Wildman–Crippen LogP) is 3.89. The minimum Gasteiger partial charge on any atom is -0.491 e. The van der Waals surface area contributed by atoms with E-state index < -0.39 is 0 Å². The summed E-state index contributed by atoms with van der Waals surface area (Å²) in [4.78, 5) is 2.34. The molecule has 0 spiro atoms. The molecular weight excluding hydrogens is 260 g/mol. The lowest BCUT2D eigenvalue weighted by molar-refractivity contribution is 0.322. The number of nitrogens with zero attached hydrogens (tertiary/aromatic N) is 1. The summed E-state index contributed by atoms with van der Waals surface area (Å²) in [5.74, 6) is 0.975. The van der Waals surface area contributed by atoms with Gasteiger partial charge in [-0.2, -0.15) is 0 Å². The molecule has 0 saturated heterocycles. The Bertz CT molecular complexity index is 594. The van der Waals surface area contributed by atoms with Gasteiger partial charge in [0.05, 0.1) is 12.3 Å². The van der Waals surface area contributed by atoms with E-state index in [9.17, 15) is 0 Å². The second kappa shape index (κ2) is 6.19. The molecule has 0 saturated carbocycles. The second-order valence-electron chi connectivity index (χ2n) is 5.42. The third-order valence-electron chi connectivity index (χ3n) is 4.08. The van der Waals surface area contributed by atoms with Crippen molar-refractivity contribution in [1.82, 2.24) is 5.32 Å². The van der Waals surface area contributed by atoms with Crippen LogP contribution in [-0.2, 0) is 0 Å². The minimum absolute atomic E-state index is 0.374. The lowest BCUT2D eigenvalue weighted by Gasteiger charge is -2.24. The van der Waals surface area contributed by atoms with E-state index in [1.807, 2.05) is 19.2 Å². The van der Waals surface area contributed by atoms with Crippen LogP contribution < -0.4 is 15.0 Å². The number of para-hydroxylation sites is 2. The van der Waals surface area contributed by atoms with Crippen molar-refractivity contribution >= 4 is 11.4 Å². The van der Waals surface area contributed by atoms with Gasteiger partial charge in [-0.3, -0.25) is 0 Å². The van der Waals surface area contributed by atoms with E-state index in [0.29, 0.717) is 6.04 Å². The third-order valence-corrected chi connectivity index (χ3v) is 4.08. The van der Waals surface area contributed by atoms with Crippen molar-refractivity contribution in [3.8, 4) is 5.75 Å². The highest BCUT2D eigenvalue weighted by Crippen LogP contribution is 2.35. The standard InChI is InChI=1S/C18H22N2O/c1-14(19-2)15-8-10-16(11-9-15)20-12-5-13-21-18-7-4-3-6-17(18)20/h3-4,6-11,14,19H,5,12-13H2,1-2H3. The molecule has 0 amide bonds. The Morgan fingerprint density at radius 1 is 1.10 bits per heavy atom. The zero-order chi connectivity index (χ0) is 14.7. The molecule has 2 aromatic rings. The van der Waals surface area contributed by atoms with E-state index in [4.69, 9.17) is 4.74 Å². The van der Waals surface area contributed by atoms with Gasteiger partial charge in [-0.05, 0) is 50.2 Å². The summed E-state index contributed by atoms with van der Waals surface area (Å²) >= 11 is 0. The van der Waals surface area contributed by atoms with Crippen LogP contribution in [0.2, 0.25) is 0 Å². The summed E-state index contributed by atoms with van der Waals surface area (Å²) < 4.78 is 5.83. The summed E-state index contributed by atoms with van der Waals surface area (Å²) in [6.07, 6.45) is 1.03. The Balaban J connectivity index is 1.93. The van der Waals surface area contributed by atoms with E-state index in [0.717, 1.165) is 31.0 Å². The van der Waals surface area contributed by atoms with E-state index in [2.05, 4.69) is 53.5 Å². The van der Waals surface area contributed by atoms with Crippen LogP contribution in [0.1, 0.15) is 24.9 Å². The van der Waals surface area contributed by atoms with E-state index >= 15 is 0 Å². The lowest BCUT2D eigenvalue weighted by Crippen LogP contribution is -2.18. The van der Waals surface area contributed by atoms with Crippen molar-refractivity contribution in [2.45, 2.75) is 19.4 Å². The van der Waals surface area contributed by atoms with Crippen LogP contribution in [0.3, 0.4) is 0 Å². The third kappa shape index (κ3) is 2.88. The van der Waals surface area contributed by atoms with Crippen molar-refractivity contribution in [3.05, 3.63) is 54.1 Å². The highest BCUT2D eigenvalue weighted by Gasteiger charge is 2.17.